The third kappa shape index (κ3) is 21.8. The number of unbranched alkanes of at least 4 members (excludes halogenated alkanes) is 5. The highest BCUT2D eigenvalue weighted by Crippen LogP contribution is 2.13. The molecule has 0 atom stereocenters. The molecule has 0 aromatic rings. The Morgan fingerprint density at radius 3 is 1.73 bits per heavy atom. The van der Waals surface area contributed by atoms with E-state index in [-0.39, 0.29) is 0 Å². The summed E-state index contributed by atoms with van der Waals surface area (Å²) in [7, 11) is 0. The molecule has 0 saturated carbocycles. The van der Waals surface area contributed by atoms with Gasteiger partial charge in [-0.1, -0.05) is 86.1 Å². The van der Waals surface area contributed by atoms with E-state index in [1.165, 1.54) is 19.4 Å². The van der Waals surface area contributed by atoms with Crippen LogP contribution in [-0.2, 0) is 4.79 Å². The van der Waals surface area contributed by atoms with E-state index in [1.807, 2.05) is 42.5 Å². The van der Waals surface area contributed by atoms with Crippen molar-refractivity contribution in [2.24, 2.45) is 0 Å². The van der Waals surface area contributed by atoms with Gasteiger partial charge < -0.3 is 15.3 Å². The Bertz CT molecular complexity index is 529. The van der Waals surface area contributed by atoms with Crippen molar-refractivity contribution in [2.75, 3.05) is 0 Å². The zero-order chi connectivity index (χ0) is 19.5. The fourth-order valence-corrected chi connectivity index (χ4v) is 2.08. The van der Waals surface area contributed by atoms with Crippen LogP contribution in [0.5, 0.6) is 0 Å². The molecular formula is C22H32O4. The largest absolute Gasteiger partial charge is 0.478 e. The number of carboxylic acids is 1. The van der Waals surface area contributed by atoms with Crippen molar-refractivity contribution in [2.45, 2.75) is 57.7 Å². The summed E-state index contributed by atoms with van der Waals surface area (Å²) in [6.45, 7) is 1.43. The van der Waals surface area contributed by atoms with Crippen molar-refractivity contribution >= 4 is 5.97 Å². The van der Waals surface area contributed by atoms with Crippen LogP contribution in [0.4, 0.5) is 0 Å². The Kier molecular flexibility index (Phi) is 14.9. The number of aliphatic hydroxyl groups is 2. The van der Waals surface area contributed by atoms with Gasteiger partial charge in [0.25, 0.3) is 0 Å². The second kappa shape index (κ2) is 16.3. The summed E-state index contributed by atoms with van der Waals surface area (Å²) in [4.78, 5) is 10.2. The maximum absolute atomic E-state index is 10.2. The summed E-state index contributed by atoms with van der Waals surface area (Å²) in [6.07, 6.45) is 28.5. The van der Waals surface area contributed by atoms with Crippen molar-refractivity contribution < 1.29 is 20.1 Å². The van der Waals surface area contributed by atoms with Crippen molar-refractivity contribution in [3.8, 4) is 0 Å². The second-order valence-electron chi connectivity index (χ2n) is 6.19. The molecule has 3 N–H and O–H groups in total. The van der Waals surface area contributed by atoms with Gasteiger partial charge in [0.05, 0.1) is 0 Å². The SMILES string of the molecule is CC(O)(O)CCCCCCC/C=C/C=C/C=C/C=C/C=C/C=C/C(=O)O. The van der Waals surface area contributed by atoms with Crippen LogP contribution in [0.2, 0.25) is 0 Å². The lowest BCUT2D eigenvalue weighted by Gasteiger charge is -2.14. The Morgan fingerprint density at radius 2 is 1.19 bits per heavy atom. The van der Waals surface area contributed by atoms with Gasteiger partial charge in [-0.05, 0) is 26.2 Å². The molecule has 0 aliphatic carbocycles. The number of carbonyl (C=O) groups is 1. The highest BCUT2D eigenvalue weighted by molar-refractivity contribution is 5.80. The first-order valence-corrected chi connectivity index (χ1v) is 9.09. The zero-order valence-electron chi connectivity index (χ0n) is 15.6. The normalized spacial score (nSPS) is 13.7. The first kappa shape index (κ1) is 23.8. The smallest absolute Gasteiger partial charge is 0.328 e. The molecule has 0 heterocycles. The fraction of sp³-hybridized carbons (Fsp3) is 0.409. The minimum absolute atomic E-state index is 0.443. The Balaban J connectivity index is 3.60. The molecule has 0 saturated heterocycles. The van der Waals surface area contributed by atoms with Crippen molar-refractivity contribution in [3.05, 3.63) is 72.9 Å². The monoisotopic (exact) mass is 360 g/mol. The van der Waals surface area contributed by atoms with Crippen molar-refractivity contribution in [1.82, 2.24) is 0 Å². The van der Waals surface area contributed by atoms with E-state index in [4.69, 9.17) is 5.11 Å². The predicted octanol–water partition coefficient (Wildman–Crippen LogP) is 4.84. The summed E-state index contributed by atoms with van der Waals surface area (Å²) in [5.74, 6) is -2.47. The summed E-state index contributed by atoms with van der Waals surface area (Å²) in [6, 6.07) is 0. The number of aliphatic carboxylic acids is 1. The lowest BCUT2D eigenvalue weighted by atomic mass is 10.1. The second-order valence-corrected chi connectivity index (χ2v) is 6.19. The van der Waals surface area contributed by atoms with E-state index in [1.54, 1.807) is 12.2 Å². The number of allylic oxidation sites excluding steroid dienone is 11. The quantitative estimate of drug-likeness (QED) is 0.179. The predicted molar refractivity (Wildman–Crippen MR) is 108 cm³/mol. The first-order chi connectivity index (χ1) is 12.4. The van der Waals surface area contributed by atoms with Gasteiger partial charge in [-0.3, -0.25) is 0 Å². The summed E-state index contributed by atoms with van der Waals surface area (Å²) in [5, 5.41) is 26.7. The van der Waals surface area contributed by atoms with E-state index >= 15 is 0 Å². The number of hydrogen-bond donors (Lipinski definition) is 3. The Hall–Kier alpha value is -2.17. The lowest BCUT2D eigenvalue weighted by molar-refractivity contribution is -0.150. The summed E-state index contributed by atoms with van der Waals surface area (Å²) >= 11 is 0. The van der Waals surface area contributed by atoms with Gasteiger partial charge in [-0.15, -0.1) is 0 Å². The van der Waals surface area contributed by atoms with Gasteiger partial charge in [0.15, 0.2) is 5.79 Å². The van der Waals surface area contributed by atoms with Crippen LogP contribution in [0.1, 0.15) is 51.9 Å². The van der Waals surface area contributed by atoms with Crippen LogP contribution in [0.25, 0.3) is 0 Å². The molecule has 4 heteroatoms. The third-order valence-electron chi connectivity index (χ3n) is 3.40. The molecule has 0 aliphatic heterocycles. The Morgan fingerprint density at radius 1 is 0.731 bits per heavy atom. The number of carboxylic acid groups (broad SMARTS) is 1. The van der Waals surface area contributed by atoms with Gasteiger partial charge in [0.2, 0.25) is 0 Å². The molecule has 0 radical (unpaired) electrons. The van der Waals surface area contributed by atoms with Crippen LogP contribution in [-0.4, -0.2) is 27.1 Å². The number of hydrogen-bond acceptors (Lipinski definition) is 3. The molecule has 0 bridgehead atoms. The standard InChI is InChI=1S/C22H32O4/c1-22(25,26)20-18-16-14-12-10-8-6-4-2-3-5-7-9-11-13-15-17-19-21(23)24/h2-7,9,11,13,15,17,19,25-26H,8,10,12,14,16,18,20H2,1H3,(H,23,24)/b3-2+,6-4+,7-5+,11-9+,15-13+,19-17+. The van der Waals surface area contributed by atoms with E-state index in [2.05, 4.69) is 6.08 Å². The maximum atomic E-state index is 10.2. The van der Waals surface area contributed by atoms with Crippen LogP contribution in [0.3, 0.4) is 0 Å². The Labute approximate surface area is 157 Å². The van der Waals surface area contributed by atoms with Gasteiger partial charge in [0, 0.05) is 12.5 Å². The summed E-state index contributed by atoms with van der Waals surface area (Å²) in [5.41, 5.74) is 0. The third-order valence-corrected chi connectivity index (χ3v) is 3.40. The molecule has 144 valence electrons. The highest BCUT2D eigenvalue weighted by Gasteiger charge is 2.12. The van der Waals surface area contributed by atoms with Gasteiger partial charge >= 0.3 is 5.97 Å². The molecule has 4 nitrogen and oxygen atoms in total. The molecular weight excluding hydrogens is 328 g/mol. The molecule has 0 aromatic carbocycles. The topological polar surface area (TPSA) is 77.8 Å². The molecule has 0 amide bonds. The molecule has 0 unspecified atom stereocenters. The van der Waals surface area contributed by atoms with Crippen LogP contribution < -0.4 is 0 Å². The maximum Gasteiger partial charge on any atom is 0.328 e. The van der Waals surface area contributed by atoms with E-state index in [9.17, 15) is 15.0 Å². The first-order valence-electron chi connectivity index (χ1n) is 9.09. The fourth-order valence-electron chi connectivity index (χ4n) is 2.08. The van der Waals surface area contributed by atoms with Crippen LogP contribution in [0, 0.1) is 0 Å². The van der Waals surface area contributed by atoms with E-state index in [0.717, 1.165) is 38.2 Å². The minimum atomic E-state index is -1.52. The number of rotatable bonds is 14. The van der Waals surface area contributed by atoms with Crippen molar-refractivity contribution in [1.29, 1.82) is 0 Å². The van der Waals surface area contributed by atoms with Gasteiger partial charge in [0.1, 0.15) is 0 Å². The minimum Gasteiger partial charge on any atom is -0.478 e. The van der Waals surface area contributed by atoms with Gasteiger partial charge in [-0.2, -0.15) is 0 Å². The average Bonchev–Trinajstić information content (AvgIpc) is 2.55. The molecule has 0 spiro atoms. The lowest BCUT2D eigenvalue weighted by Crippen LogP contribution is -2.22. The van der Waals surface area contributed by atoms with E-state index in [0.29, 0.717) is 6.42 Å². The van der Waals surface area contributed by atoms with Crippen molar-refractivity contribution in [3.63, 3.8) is 0 Å². The molecule has 0 aromatic heterocycles. The summed E-state index contributed by atoms with van der Waals surface area (Å²) < 4.78 is 0. The molecule has 0 rings (SSSR count). The van der Waals surface area contributed by atoms with Gasteiger partial charge in [-0.25, -0.2) is 4.79 Å². The molecule has 0 aliphatic rings. The van der Waals surface area contributed by atoms with Crippen LogP contribution in [0.15, 0.2) is 72.9 Å². The zero-order valence-corrected chi connectivity index (χ0v) is 15.6. The average molecular weight is 360 g/mol. The molecule has 0 fully saturated rings. The molecule has 26 heavy (non-hydrogen) atoms. The van der Waals surface area contributed by atoms with Crippen LogP contribution >= 0.6 is 0 Å². The highest BCUT2D eigenvalue weighted by atomic mass is 16.5. The van der Waals surface area contributed by atoms with E-state index < -0.39 is 11.8 Å².